The van der Waals surface area contributed by atoms with Gasteiger partial charge in [-0.3, -0.25) is 0 Å². The molecule has 3 rings (SSSR count). The fraction of sp³-hybridized carbons (Fsp3) is 0.444. The number of piperidine rings is 1. The van der Waals surface area contributed by atoms with E-state index >= 15 is 0 Å². The highest BCUT2D eigenvalue weighted by atomic mass is 32.2. The van der Waals surface area contributed by atoms with Crippen LogP contribution in [0.15, 0.2) is 47.6 Å². The summed E-state index contributed by atoms with van der Waals surface area (Å²) in [6.07, 6.45) is 3.78. The fourth-order valence-electron chi connectivity index (χ4n) is 3.39. The first kappa shape index (κ1) is 18.7. The van der Waals surface area contributed by atoms with Gasteiger partial charge in [0, 0.05) is 13.1 Å². The Bertz CT molecular complexity index is 880. The quantitative estimate of drug-likeness (QED) is 0.877. The minimum Gasteiger partial charge on any atom is -0.388 e. The zero-order chi connectivity index (χ0) is 19.0. The van der Waals surface area contributed by atoms with Gasteiger partial charge in [-0.2, -0.15) is 10.2 Å². The predicted octanol–water partition coefficient (Wildman–Crippen LogP) is 2.20. The van der Waals surface area contributed by atoms with Gasteiger partial charge in [0.15, 0.2) is 9.84 Å². The van der Waals surface area contributed by atoms with Crippen LogP contribution in [0.1, 0.15) is 26.7 Å². The maximum absolute atomic E-state index is 13.5. The van der Waals surface area contributed by atoms with E-state index < -0.39 is 26.0 Å². The number of aromatic nitrogens is 2. The van der Waals surface area contributed by atoms with E-state index in [1.54, 1.807) is 12.4 Å². The average Bonchev–Trinajstić information content (AvgIpc) is 2.63. The molecule has 1 aliphatic heterocycles. The molecule has 1 aromatic heterocycles. The number of halogens is 1. The Hall–Kier alpha value is -2.06. The molecule has 0 bridgehead atoms. The lowest BCUT2D eigenvalue weighted by molar-refractivity contribution is -0.0143. The Morgan fingerprint density at radius 2 is 1.88 bits per heavy atom. The normalized spacial score (nSPS) is 17.9. The molecule has 2 heterocycles. The highest BCUT2D eigenvalue weighted by Gasteiger charge is 2.53. The second kappa shape index (κ2) is 6.59. The van der Waals surface area contributed by atoms with Gasteiger partial charge < -0.3 is 10.0 Å². The summed E-state index contributed by atoms with van der Waals surface area (Å²) in [5, 5.41) is 18.8. The summed E-state index contributed by atoms with van der Waals surface area (Å²) >= 11 is 0. The number of hydrogen-bond donors (Lipinski definition) is 1. The minimum atomic E-state index is -3.93. The fourth-order valence-corrected chi connectivity index (χ4v) is 5.21. The van der Waals surface area contributed by atoms with Crippen LogP contribution in [0.25, 0.3) is 0 Å². The zero-order valence-corrected chi connectivity index (χ0v) is 15.6. The molecular formula is C18H22FN3O3S. The van der Waals surface area contributed by atoms with Crippen LogP contribution in [-0.2, 0) is 9.84 Å². The molecule has 1 aromatic carbocycles. The molecule has 8 heteroatoms. The highest BCUT2D eigenvalue weighted by molar-refractivity contribution is 7.92. The molecule has 1 fully saturated rings. The molecule has 0 amide bonds. The van der Waals surface area contributed by atoms with Crippen molar-refractivity contribution in [3.8, 4) is 0 Å². The SMILES string of the molecule is CC(C)(C1(O)CCN(c2ccnnc2)CC1)S(=O)(=O)c1cccc(F)c1. The first-order valence-corrected chi connectivity index (χ1v) is 9.90. The van der Waals surface area contributed by atoms with Crippen LogP contribution in [0.4, 0.5) is 10.1 Å². The lowest BCUT2D eigenvalue weighted by Gasteiger charge is -2.47. The molecular weight excluding hydrogens is 357 g/mol. The number of sulfone groups is 1. The maximum Gasteiger partial charge on any atom is 0.186 e. The van der Waals surface area contributed by atoms with Crippen LogP contribution in [-0.4, -0.2) is 47.2 Å². The topological polar surface area (TPSA) is 83.4 Å². The minimum absolute atomic E-state index is 0.114. The molecule has 1 saturated heterocycles. The van der Waals surface area contributed by atoms with E-state index in [2.05, 4.69) is 10.2 Å². The van der Waals surface area contributed by atoms with E-state index in [0.29, 0.717) is 13.1 Å². The van der Waals surface area contributed by atoms with Crippen molar-refractivity contribution in [3.63, 3.8) is 0 Å². The summed E-state index contributed by atoms with van der Waals surface area (Å²) in [7, 11) is -3.93. The molecule has 26 heavy (non-hydrogen) atoms. The van der Waals surface area contributed by atoms with Gasteiger partial charge in [-0.15, -0.1) is 0 Å². The Morgan fingerprint density at radius 1 is 1.19 bits per heavy atom. The van der Waals surface area contributed by atoms with Crippen molar-refractivity contribution >= 4 is 15.5 Å². The van der Waals surface area contributed by atoms with E-state index in [1.165, 1.54) is 32.0 Å². The largest absolute Gasteiger partial charge is 0.388 e. The number of hydrogen-bond acceptors (Lipinski definition) is 6. The van der Waals surface area contributed by atoms with Crippen LogP contribution >= 0.6 is 0 Å². The van der Waals surface area contributed by atoms with E-state index in [0.717, 1.165) is 11.8 Å². The third kappa shape index (κ3) is 3.07. The van der Waals surface area contributed by atoms with Gasteiger partial charge in [-0.25, -0.2) is 12.8 Å². The second-order valence-electron chi connectivity index (χ2n) is 7.09. The van der Waals surface area contributed by atoms with E-state index in [-0.39, 0.29) is 17.7 Å². The first-order valence-electron chi connectivity index (χ1n) is 8.42. The smallest absolute Gasteiger partial charge is 0.186 e. The monoisotopic (exact) mass is 379 g/mol. The summed E-state index contributed by atoms with van der Waals surface area (Å²) in [6, 6.07) is 6.74. The van der Waals surface area contributed by atoms with Crippen molar-refractivity contribution in [1.29, 1.82) is 0 Å². The molecule has 0 saturated carbocycles. The number of nitrogens with zero attached hydrogens (tertiary/aromatic N) is 3. The molecule has 0 aliphatic carbocycles. The van der Waals surface area contributed by atoms with E-state index in [9.17, 15) is 17.9 Å². The van der Waals surface area contributed by atoms with Crippen molar-refractivity contribution in [3.05, 3.63) is 48.5 Å². The Morgan fingerprint density at radius 3 is 2.46 bits per heavy atom. The van der Waals surface area contributed by atoms with Crippen LogP contribution in [0, 0.1) is 5.82 Å². The number of anilines is 1. The molecule has 1 aliphatic rings. The number of rotatable bonds is 4. The summed E-state index contributed by atoms with van der Waals surface area (Å²) in [5.41, 5.74) is -0.539. The molecule has 0 radical (unpaired) electrons. The summed E-state index contributed by atoms with van der Waals surface area (Å²) in [5.74, 6) is -0.617. The Kier molecular flexibility index (Phi) is 4.74. The zero-order valence-electron chi connectivity index (χ0n) is 14.8. The van der Waals surface area contributed by atoms with Crippen molar-refractivity contribution in [2.75, 3.05) is 18.0 Å². The molecule has 0 unspecified atom stereocenters. The van der Waals surface area contributed by atoms with Gasteiger partial charge >= 0.3 is 0 Å². The van der Waals surface area contributed by atoms with Crippen LogP contribution in [0.2, 0.25) is 0 Å². The van der Waals surface area contributed by atoms with Crippen molar-refractivity contribution < 1.29 is 17.9 Å². The molecule has 0 atom stereocenters. The van der Waals surface area contributed by atoms with Crippen LogP contribution in [0.3, 0.4) is 0 Å². The molecule has 2 aromatic rings. The average molecular weight is 379 g/mol. The van der Waals surface area contributed by atoms with Gasteiger partial charge in [0.25, 0.3) is 0 Å². The highest BCUT2D eigenvalue weighted by Crippen LogP contribution is 2.41. The molecule has 6 nitrogen and oxygen atoms in total. The Balaban J connectivity index is 1.85. The predicted molar refractivity (Wildman–Crippen MR) is 96.1 cm³/mol. The summed E-state index contributed by atoms with van der Waals surface area (Å²) < 4.78 is 38.3. The van der Waals surface area contributed by atoms with E-state index in [4.69, 9.17) is 0 Å². The second-order valence-corrected chi connectivity index (χ2v) is 9.59. The standard InChI is InChI=1S/C18H22FN3O3S/c1-17(2,26(24,25)16-5-3-4-14(19)12-16)18(23)7-10-22(11-8-18)15-6-9-20-21-13-15/h3-6,9,12-13,23H,7-8,10-11H2,1-2H3. The van der Waals surface area contributed by atoms with Gasteiger partial charge in [-0.05, 0) is 51.0 Å². The molecule has 140 valence electrons. The van der Waals surface area contributed by atoms with Crippen molar-refractivity contribution in [2.45, 2.75) is 41.9 Å². The van der Waals surface area contributed by atoms with Gasteiger partial charge in [0.05, 0.1) is 33.3 Å². The Labute approximate surface area is 152 Å². The lowest BCUT2D eigenvalue weighted by Crippen LogP contribution is -2.60. The molecule has 1 N–H and O–H groups in total. The van der Waals surface area contributed by atoms with Gasteiger partial charge in [0.2, 0.25) is 0 Å². The number of aliphatic hydroxyl groups is 1. The maximum atomic E-state index is 13.5. The first-order chi connectivity index (χ1) is 12.2. The van der Waals surface area contributed by atoms with Crippen LogP contribution < -0.4 is 4.90 Å². The third-order valence-corrected chi connectivity index (χ3v) is 8.02. The molecule has 0 spiro atoms. The van der Waals surface area contributed by atoms with Crippen molar-refractivity contribution in [1.82, 2.24) is 10.2 Å². The summed E-state index contributed by atoms with van der Waals surface area (Å²) in [6.45, 7) is 4.00. The van der Waals surface area contributed by atoms with Gasteiger partial charge in [0.1, 0.15) is 5.82 Å². The van der Waals surface area contributed by atoms with E-state index in [1.807, 2.05) is 11.0 Å². The number of benzene rings is 1. The third-order valence-electron chi connectivity index (χ3n) is 5.42. The van der Waals surface area contributed by atoms with Crippen LogP contribution in [0.5, 0.6) is 0 Å². The van der Waals surface area contributed by atoms with Crippen molar-refractivity contribution in [2.24, 2.45) is 0 Å². The van der Waals surface area contributed by atoms with Gasteiger partial charge in [-0.1, -0.05) is 6.07 Å². The summed E-state index contributed by atoms with van der Waals surface area (Å²) in [4.78, 5) is 1.92. The lowest BCUT2D eigenvalue weighted by atomic mass is 9.80.